The number of amides is 1. The normalized spacial score (nSPS) is 10.4. The van der Waals surface area contributed by atoms with Gasteiger partial charge in [-0.2, -0.15) is 10.2 Å². The van der Waals surface area contributed by atoms with E-state index in [2.05, 4.69) is 20.6 Å². The number of nitrogen functional groups attached to an aromatic ring is 1. The van der Waals surface area contributed by atoms with E-state index in [1.807, 2.05) is 0 Å². The molecule has 0 bridgehead atoms. The van der Waals surface area contributed by atoms with Gasteiger partial charge in [0.05, 0.1) is 23.3 Å². The summed E-state index contributed by atoms with van der Waals surface area (Å²) in [6.07, 6.45) is 3.24. The Morgan fingerprint density at radius 3 is 2.88 bits per heavy atom. The zero-order valence-corrected chi connectivity index (χ0v) is 8.98. The van der Waals surface area contributed by atoms with Crippen molar-refractivity contribution in [2.75, 3.05) is 11.1 Å². The molecule has 0 unspecified atom stereocenters. The molecule has 0 aliphatic heterocycles. The van der Waals surface area contributed by atoms with Crippen molar-refractivity contribution in [3.05, 3.63) is 23.8 Å². The first-order valence-corrected chi connectivity index (χ1v) is 4.68. The Bertz CT molecular complexity index is 526. The van der Waals surface area contributed by atoms with Gasteiger partial charge in [-0.1, -0.05) is 0 Å². The molecule has 0 radical (unpaired) electrons. The van der Waals surface area contributed by atoms with Crippen LogP contribution >= 0.6 is 0 Å². The van der Waals surface area contributed by atoms with Crippen molar-refractivity contribution in [1.82, 2.24) is 20.0 Å². The molecule has 7 nitrogen and oxygen atoms in total. The van der Waals surface area contributed by atoms with Gasteiger partial charge in [-0.3, -0.25) is 14.6 Å². The number of carbonyl (C=O) groups is 1. The molecule has 1 amide bonds. The van der Waals surface area contributed by atoms with E-state index in [1.165, 1.54) is 0 Å². The standard InChI is InChI=1S/C9H12N6O/c1-5-7(10)8(14-13-5)9(16)12-6-3-11-15(2)4-6/h3-4H,10H2,1-2H3,(H,12,16)(H,13,14). The molecule has 0 aliphatic rings. The van der Waals surface area contributed by atoms with E-state index < -0.39 is 0 Å². The molecule has 7 heteroatoms. The summed E-state index contributed by atoms with van der Waals surface area (Å²) in [6, 6.07) is 0. The number of nitrogens with one attached hydrogen (secondary N) is 2. The van der Waals surface area contributed by atoms with Crippen molar-refractivity contribution < 1.29 is 4.79 Å². The van der Waals surface area contributed by atoms with Gasteiger partial charge in [0.15, 0.2) is 5.69 Å². The van der Waals surface area contributed by atoms with Crippen LogP contribution in [0.4, 0.5) is 11.4 Å². The molecule has 4 N–H and O–H groups in total. The van der Waals surface area contributed by atoms with E-state index in [0.717, 1.165) is 0 Å². The lowest BCUT2D eigenvalue weighted by Crippen LogP contribution is -2.13. The quantitative estimate of drug-likeness (QED) is 0.676. The minimum Gasteiger partial charge on any atom is -0.395 e. The fourth-order valence-electron chi connectivity index (χ4n) is 1.29. The Kier molecular flexibility index (Phi) is 2.35. The lowest BCUT2D eigenvalue weighted by Gasteiger charge is -1.99. The summed E-state index contributed by atoms with van der Waals surface area (Å²) in [5.74, 6) is -0.352. The van der Waals surface area contributed by atoms with Gasteiger partial charge < -0.3 is 11.1 Å². The number of anilines is 2. The average molecular weight is 220 g/mol. The Hall–Kier alpha value is -2.31. The Balaban J connectivity index is 2.18. The number of hydrogen-bond donors (Lipinski definition) is 3. The van der Waals surface area contributed by atoms with E-state index in [9.17, 15) is 4.79 Å². The summed E-state index contributed by atoms with van der Waals surface area (Å²) in [4.78, 5) is 11.7. The van der Waals surface area contributed by atoms with Crippen LogP contribution < -0.4 is 11.1 Å². The SMILES string of the molecule is Cc1[nH]nc(C(=O)Nc2cnn(C)c2)c1N. The maximum Gasteiger partial charge on any atom is 0.278 e. The van der Waals surface area contributed by atoms with E-state index in [1.54, 1.807) is 31.0 Å². The molecule has 2 rings (SSSR count). The largest absolute Gasteiger partial charge is 0.395 e. The van der Waals surface area contributed by atoms with Crippen LogP contribution in [0, 0.1) is 6.92 Å². The Morgan fingerprint density at radius 1 is 1.62 bits per heavy atom. The highest BCUT2D eigenvalue weighted by Crippen LogP contribution is 2.14. The first-order valence-electron chi connectivity index (χ1n) is 4.68. The third kappa shape index (κ3) is 1.74. The first kappa shape index (κ1) is 10.2. The summed E-state index contributed by atoms with van der Waals surface area (Å²) in [5.41, 5.74) is 7.53. The fraction of sp³-hybridized carbons (Fsp3) is 0.222. The molecule has 2 aromatic heterocycles. The van der Waals surface area contributed by atoms with Crippen LogP contribution in [0.3, 0.4) is 0 Å². The van der Waals surface area contributed by atoms with E-state index in [4.69, 9.17) is 5.73 Å². The van der Waals surface area contributed by atoms with E-state index >= 15 is 0 Å². The highest BCUT2D eigenvalue weighted by Gasteiger charge is 2.15. The highest BCUT2D eigenvalue weighted by atomic mass is 16.2. The third-order valence-electron chi connectivity index (χ3n) is 2.17. The minimum atomic E-state index is -0.352. The molecule has 0 spiro atoms. The molecule has 0 saturated carbocycles. The average Bonchev–Trinajstić information content (AvgIpc) is 2.76. The van der Waals surface area contributed by atoms with Crippen molar-refractivity contribution in [3.8, 4) is 0 Å². The molecule has 2 heterocycles. The van der Waals surface area contributed by atoms with Crippen molar-refractivity contribution in [2.45, 2.75) is 6.92 Å². The third-order valence-corrected chi connectivity index (χ3v) is 2.17. The number of nitrogens with two attached hydrogens (primary N) is 1. The minimum absolute atomic E-state index is 0.196. The van der Waals surface area contributed by atoms with E-state index in [-0.39, 0.29) is 11.6 Å². The topological polar surface area (TPSA) is 102 Å². The number of carbonyl (C=O) groups excluding carboxylic acids is 1. The van der Waals surface area contributed by atoms with Crippen LogP contribution in [0.25, 0.3) is 0 Å². The van der Waals surface area contributed by atoms with Gasteiger partial charge in [-0.05, 0) is 6.92 Å². The second kappa shape index (κ2) is 3.69. The summed E-state index contributed by atoms with van der Waals surface area (Å²) in [5, 5.41) is 13.1. The van der Waals surface area contributed by atoms with Gasteiger partial charge in [-0.15, -0.1) is 0 Å². The summed E-state index contributed by atoms with van der Waals surface area (Å²) in [6.45, 7) is 1.75. The molecule has 0 aromatic carbocycles. The lowest BCUT2D eigenvalue weighted by atomic mass is 10.3. The van der Waals surface area contributed by atoms with Crippen molar-refractivity contribution in [3.63, 3.8) is 0 Å². The molecule has 2 aromatic rings. The number of nitrogens with zero attached hydrogens (tertiary/aromatic N) is 3. The fourth-order valence-corrected chi connectivity index (χ4v) is 1.29. The number of hydrogen-bond acceptors (Lipinski definition) is 4. The predicted molar refractivity (Wildman–Crippen MR) is 58.9 cm³/mol. The summed E-state index contributed by atoms with van der Waals surface area (Å²) < 4.78 is 1.59. The zero-order valence-electron chi connectivity index (χ0n) is 8.98. The van der Waals surface area contributed by atoms with Crippen LogP contribution in [0.1, 0.15) is 16.2 Å². The number of aromatic nitrogens is 4. The lowest BCUT2D eigenvalue weighted by molar-refractivity contribution is 0.102. The van der Waals surface area contributed by atoms with E-state index in [0.29, 0.717) is 17.1 Å². The molecule has 0 aliphatic carbocycles. The van der Waals surface area contributed by atoms with Gasteiger partial charge in [0.2, 0.25) is 0 Å². The van der Waals surface area contributed by atoms with Gasteiger partial charge in [-0.25, -0.2) is 0 Å². The Morgan fingerprint density at radius 2 is 2.38 bits per heavy atom. The smallest absolute Gasteiger partial charge is 0.278 e. The van der Waals surface area contributed by atoms with Gasteiger partial charge in [0.25, 0.3) is 5.91 Å². The number of H-pyrrole nitrogens is 1. The molecule has 84 valence electrons. The van der Waals surface area contributed by atoms with Gasteiger partial charge in [0, 0.05) is 13.2 Å². The van der Waals surface area contributed by atoms with Crippen LogP contribution in [0.5, 0.6) is 0 Å². The second-order valence-electron chi connectivity index (χ2n) is 3.47. The molecular weight excluding hydrogens is 208 g/mol. The van der Waals surface area contributed by atoms with Crippen LogP contribution in [0.15, 0.2) is 12.4 Å². The van der Waals surface area contributed by atoms with Crippen molar-refractivity contribution in [2.24, 2.45) is 7.05 Å². The number of rotatable bonds is 2. The summed E-state index contributed by atoms with van der Waals surface area (Å²) >= 11 is 0. The van der Waals surface area contributed by atoms with Crippen LogP contribution in [0.2, 0.25) is 0 Å². The summed E-state index contributed by atoms with van der Waals surface area (Å²) in [7, 11) is 1.77. The van der Waals surface area contributed by atoms with Crippen molar-refractivity contribution in [1.29, 1.82) is 0 Å². The number of aromatic amines is 1. The molecular formula is C9H12N6O. The maximum absolute atomic E-state index is 11.7. The monoisotopic (exact) mass is 220 g/mol. The zero-order chi connectivity index (χ0) is 11.7. The van der Waals surface area contributed by atoms with Crippen LogP contribution in [-0.2, 0) is 7.05 Å². The molecule has 0 saturated heterocycles. The molecule has 0 fully saturated rings. The molecule has 0 atom stereocenters. The maximum atomic E-state index is 11.7. The second-order valence-corrected chi connectivity index (χ2v) is 3.47. The highest BCUT2D eigenvalue weighted by molar-refractivity contribution is 6.06. The van der Waals surface area contributed by atoms with Gasteiger partial charge >= 0.3 is 0 Å². The predicted octanol–water partition coefficient (Wildman–Crippen LogP) is 0.286. The Labute approximate surface area is 91.6 Å². The van der Waals surface area contributed by atoms with Crippen molar-refractivity contribution >= 4 is 17.3 Å². The van der Waals surface area contributed by atoms with Crippen LogP contribution in [-0.4, -0.2) is 25.9 Å². The first-order chi connectivity index (χ1) is 7.58. The molecule has 16 heavy (non-hydrogen) atoms. The number of aryl methyl sites for hydroxylation is 2. The van der Waals surface area contributed by atoms with Gasteiger partial charge in [0.1, 0.15) is 0 Å².